The van der Waals surface area contributed by atoms with Crippen molar-refractivity contribution >= 4 is 10.0 Å². The minimum absolute atomic E-state index is 0.214. The topological polar surface area (TPSA) is 58.6 Å². The first kappa shape index (κ1) is 14.8. The summed E-state index contributed by atoms with van der Waals surface area (Å²) in [7, 11) is -3.13. The van der Waals surface area contributed by atoms with Gasteiger partial charge in [-0.15, -0.1) is 0 Å². The smallest absolute Gasteiger partial charge is 0.217 e. The van der Waals surface area contributed by atoms with Crippen molar-refractivity contribution in [2.45, 2.75) is 49.8 Å². The van der Waals surface area contributed by atoms with Gasteiger partial charge in [0.25, 0.3) is 0 Å². The van der Waals surface area contributed by atoms with Crippen LogP contribution in [0.15, 0.2) is 0 Å². The molecule has 2 unspecified atom stereocenters. The van der Waals surface area contributed by atoms with Crippen molar-refractivity contribution in [1.29, 1.82) is 0 Å². The number of nitrogens with one attached hydrogen (secondary N) is 1. The molecular weight excluding hydrogens is 276 g/mol. The molecule has 0 radical (unpaired) electrons. The first-order chi connectivity index (χ1) is 9.69. The molecule has 0 aromatic heterocycles. The molecule has 1 N–H and O–H groups in total. The Morgan fingerprint density at radius 1 is 1.05 bits per heavy atom. The second-order valence-electron chi connectivity index (χ2n) is 6.28. The summed E-state index contributed by atoms with van der Waals surface area (Å²) in [5.41, 5.74) is 0. The average Bonchev–Trinajstić information content (AvgIpc) is 2.99. The van der Waals surface area contributed by atoms with Crippen molar-refractivity contribution < 1.29 is 13.2 Å². The molecule has 20 heavy (non-hydrogen) atoms. The summed E-state index contributed by atoms with van der Waals surface area (Å²) < 4.78 is 32.9. The van der Waals surface area contributed by atoms with Crippen LogP contribution >= 0.6 is 0 Å². The van der Waals surface area contributed by atoms with Gasteiger partial charge >= 0.3 is 0 Å². The van der Waals surface area contributed by atoms with Crippen LogP contribution in [0, 0.1) is 5.92 Å². The van der Waals surface area contributed by atoms with Crippen molar-refractivity contribution in [3.63, 3.8) is 0 Å². The maximum Gasteiger partial charge on any atom is 0.217 e. The lowest BCUT2D eigenvalue weighted by atomic mass is 9.91. The molecule has 0 aromatic rings. The van der Waals surface area contributed by atoms with Gasteiger partial charge in [0.2, 0.25) is 10.0 Å². The molecule has 5 nitrogen and oxygen atoms in total. The first-order valence-corrected chi connectivity index (χ1v) is 9.49. The third-order valence-electron chi connectivity index (χ3n) is 5.04. The Labute approximate surface area is 122 Å². The zero-order valence-corrected chi connectivity index (χ0v) is 12.9. The van der Waals surface area contributed by atoms with E-state index >= 15 is 0 Å². The van der Waals surface area contributed by atoms with Crippen LogP contribution in [0.25, 0.3) is 0 Å². The Morgan fingerprint density at radius 3 is 2.55 bits per heavy atom. The molecule has 3 aliphatic heterocycles. The van der Waals surface area contributed by atoms with Gasteiger partial charge < -0.3 is 10.1 Å². The Hall–Kier alpha value is -0.170. The summed E-state index contributed by atoms with van der Waals surface area (Å²) in [5, 5.41) is 3.21. The first-order valence-electron chi connectivity index (χ1n) is 7.99. The molecule has 116 valence electrons. The van der Waals surface area contributed by atoms with E-state index in [1.54, 1.807) is 0 Å². The van der Waals surface area contributed by atoms with E-state index in [4.69, 9.17) is 4.74 Å². The van der Waals surface area contributed by atoms with E-state index in [-0.39, 0.29) is 11.3 Å². The highest BCUT2D eigenvalue weighted by Crippen LogP contribution is 2.33. The highest BCUT2D eigenvalue weighted by atomic mass is 32.2. The van der Waals surface area contributed by atoms with Crippen LogP contribution in [-0.4, -0.2) is 56.9 Å². The van der Waals surface area contributed by atoms with Crippen LogP contribution in [-0.2, 0) is 14.8 Å². The van der Waals surface area contributed by atoms with Crippen LogP contribution in [0.5, 0.6) is 0 Å². The van der Waals surface area contributed by atoms with Gasteiger partial charge in [-0.05, 0) is 57.5 Å². The predicted molar refractivity (Wildman–Crippen MR) is 78.1 cm³/mol. The van der Waals surface area contributed by atoms with Crippen LogP contribution < -0.4 is 5.32 Å². The Kier molecular flexibility index (Phi) is 4.65. The van der Waals surface area contributed by atoms with Crippen molar-refractivity contribution in [3.8, 4) is 0 Å². The summed E-state index contributed by atoms with van der Waals surface area (Å²) in [6.45, 7) is 3.96. The molecule has 2 atom stereocenters. The maximum atomic E-state index is 12.9. The number of ether oxygens (including phenoxy) is 1. The molecule has 0 saturated carbocycles. The fraction of sp³-hybridized carbons (Fsp3) is 1.00. The highest BCUT2D eigenvalue weighted by Gasteiger charge is 2.42. The lowest BCUT2D eigenvalue weighted by Gasteiger charge is -2.36. The summed E-state index contributed by atoms with van der Waals surface area (Å²) in [5.74, 6) is 0.501. The van der Waals surface area contributed by atoms with E-state index in [0.717, 1.165) is 38.9 Å². The largest absolute Gasteiger partial charge is 0.381 e. The number of rotatable bonds is 3. The Bertz CT molecular complexity index is 414. The van der Waals surface area contributed by atoms with Crippen molar-refractivity contribution in [2.24, 2.45) is 5.92 Å². The average molecular weight is 302 g/mol. The molecule has 0 aliphatic carbocycles. The van der Waals surface area contributed by atoms with Gasteiger partial charge in [0, 0.05) is 25.8 Å². The second-order valence-corrected chi connectivity index (χ2v) is 8.45. The number of hydrogen-bond donors (Lipinski definition) is 1. The third-order valence-corrected chi connectivity index (χ3v) is 7.46. The molecule has 3 rings (SSSR count). The number of piperidine rings is 1. The molecule has 3 saturated heterocycles. The van der Waals surface area contributed by atoms with E-state index in [1.165, 1.54) is 6.42 Å². The van der Waals surface area contributed by atoms with Crippen LogP contribution in [0.4, 0.5) is 0 Å². The summed E-state index contributed by atoms with van der Waals surface area (Å²) >= 11 is 0. The van der Waals surface area contributed by atoms with Gasteiger partial charge in [0.15, 0.2) is 0 Å². The van der Waals surface area contributed by atoms with Crippen LogP contribution in [0.2, 0.25) is 0 Å². The fourth-order valence-corrected chi connectivity index (χ4v) is 6.14. The molecule has 0 aromatic carbocycles. The monoisotopic (exact) mass is 302 g/mol. The SMILES string of the molecule is O=S(=O)(C1CCOCC1)N1CCCC1C1CCCNC1. The number of nitrogens with zero attached hydrogens (tertiary/aromatic N) is 1. The number of hydrogen-bond acceptors (Lipinski definition) is 4. The minimum Gasteiger partial charge on any atom is -0.381 e. The number of sulfonamides is 1. The summed E-state index contributed by atoms with van der Waals surface area (Å²) in [6.07, 6.45) is 5.71. The zero-order chi connectivity index (χ0) is 14.0. The summed E-state index contributed by atoms with van der Waals surface area (Å²) in [6, 6.07) is 0.232. The van der Waals surface area contributed by atoms with Gasteiger partial charge in [-0.1, -0.05) is 0 Å². The van der Waals surface area contributed by atoms with E-state index in [0.29, 0.717) is 32.0 Å². The van der Waals surface area contributed by atoms with Crippen LogP contribution in [0.3, 0.4) is 0 Å². The molecular formula is C14H26N2O3S. The van der Waals surface area contributed by atoms with Crippen LogP contribution in [0.1, 0.15) is 38.5 Å². The third kappa shape index (κ3) is 2.89. The molecule has 3 aliphatic rings. The van der Waals surface area contributed by atoms with E-state index in [2.05, 4.69) is 5.32 Å². The van der Waals surface area contributed by atoms with Gasteiger partial charge in [-0.2, -0.15) is 4.31 Å². The molecule has 3 fully saturated rings. The molecule has 0 amide bonds. The van der Waals surface area contributed by atoms with Gasteiger partial charge in [0.05, 0.1) is 5.25 Å². The predicted octanol–water partition coefficient (Wildman–Crippen LogP) is 0.959. The fourth-order valence-electron chi connectivity index (χ4n) is 3.93. The van der Waals surface area contributed by atoms with Crippen molar-refractivity contribution in [1.82, 2.24) is 9.62 Å². The van der Waals surface area contributed by atoms with E-state index in [1.807, 2.05) is 4.31 Å². The molecule has 0 spiro atoms. The normalized spacial score (nSPS) is 34.4. The van der Waals surface area contributed by atoms with Gasteiger partial charge in [-0.3, -0.25) is 0 Å². The standard InChI is InChI=1S/C14H26N2O3S/c17-20(18,13-5-9-19-10-6-13)16-8-2-4-14(16)12-3-1-7-15-11-12/h12-15H,1-11H2. The Morgan fingerprint density at radius 2 is 1.85 bits per heavy atom. The van der Waals surface area contributed by atoms with Gasteiger partial charge in [-0.25, -0.2) is 8.42 Å². The molecule has 0 bridgehead atoms. The molecule has 3 heterocycles. The van der Waals surface area contributed by atoms with Crippen molar-refractivity contribution in [3.05, 3.63) is 0 Å². The van der Waals surface area contributed by atoms with E-state index in [9.17, 15) is 8.42 Å². The maximum absolute atomic E-state index is 12.9. The highest BCUT2D eigenvalue weighted by molar-refractivity contribution is 7.89. The lowest BCUT2D eigenvalue weighted by molar-refractivity contribution is 0.0966. The molecule has 6 heteroatoms. The van der Waals surface area contributed by atoms with E-state index < -0.39 is 10.0 Å². The van der Waals surface area contributed by atoms with Crippen molar-refractivity contribution in [2.75, 3.05) is 32.8 Å². The second kappa shape index (κ2) is 6.30. The minimum atomic E-state index is -3.13. The Balaban J connectivity index is 1.73. The zero-order valence-electron chi connectivity index (χ0n) is 12.1. The van der Waals surface area contributed by atoms with Gasteiger partial charge in [0.1, 0.15) is 0 Å². The quantitative estimate of drug-likeness (QED) is 0.843. The lowest BCUT2D eigenvalue weighted by Crippen LogP contribution is -2.49. The summed E-state index contributed by atoms with van der Waals surface area (Å²) in [4.78, 5) is 0.